The minimum Gasteiger partial charge on any atom is -0.465 e. The van der Waals surface area contributed by atoms with Crippen molar-refractivity contribution in [2.24, 2.45) is 5.92 Å². The highest BCUT2D eigenvalue weighted by Gasteiger charge is 2.27. The number of fused-ring (bicyclic) bond motifs is 1. The van der Waals surface area contributed by atoms with Gasteiger partial charge >= 0.3 is 6.09 Å². The average Bonchev–Trinajstić information content (AvgIpc) is 3.31. The Morgan fingerprint density at radius 2 is 2.36 bits per heavy atom. The monoisotopic (exact) mass is 399 g/mol. The summed E-state index contributed by atoms with van der Waals surface area (Å²) in [7, 11) is 0. The van der Waals surface area contributed by atoms with Gasteiger partial charge in [0.25, 0.3) is 0 Å². The van der Waals surface area contributed by atoms with Crippen LogP contribution < -0.4 is 10.6 Å². The van der Waals surface area contributed by atoms with Gasteiger partial charge in [0, 0.05) is 17.5 Å². The second-order valence-electron chi connectivity index (χ2n) is 6.40. The largest absolute Gasteiger partial charge is 0.465 e. The minimum absolute atomic E-state index is 0.211. The smallest absolute Gasteiger partial charge is 0.407 e. The first-order valence-electron chi connectivity index (χ1n) is 9.08. The summed E-state index contributed by atoms with van der Waals surface area (Å²) in [5.74, 6) is 0.474. The van der Waals surface area contributed by atoms with Crippen molar-refractivity contribution in [3.63, 3.8) is 0 Å². The van der Waals surface area contributed by atoms with E-state index in [1.165, 1.54) is 23.7 Å². The lowest BCUT2D eigenvalue weighted by molar-refractivity contribution is -0.111. The molecule has 2 aromatic heterocycles. The molecule has 7 nitrogen and oxygen atoms in total. The van der Waals surface area contributed by atoms with Gasteiger partial charge in [-0.25, -0.2) is 4.79 Å². The summed E-state index contributed by atoms with van der Waals surface area (Å²) < 4.78 is 10.4. The van der Waals surface area contributed by atoms with Crippen molar-refractivity contribution in [2.75, 3.05) is 18.5 Å². The summed E-state index contributed by atoms with van der Waals surface area (Å²) >= 11 is 1.42. The molecule has 2 aromatic rings. The lowest BCUT2D eigenvalue weighted by Crippen LogP contribution is -2.27. The molecule has 0 spiro atoms. The Morgan fingerprint density at radius 1 is 1.50 bits per heavy atom. The summed E-state index contributed by atoms with van der Waals surface area (Å²) in [5, 5.41) is 15.5. The first kappa shape index (κ1) is 19.7. The number of anilines is 1. The molecule has 0 aromatic carbocycles. The molecule has 0 saturated carbocycles. The molecule has 1 atom stereocenters. The number of ether oxygens (including phenoxy) is 1. The van der Waals surface area contributed by atoms with E-state index in [0.29, 0.717) is 29.5 Å². The SMILES string of the molecule is CCNC(=O)OCC1CCc2c(sc(NC(=O)C=Cc3ccco3)c2C#N)C1. The van der Waals surface area contributed by atoms with Crippen LogP contribution in [0.4, 0.5) is 9.80 Å². The zero-order chi connectivity index (χ0) is 19.9. The van der Waals surface area contributed by atoms with Gasteiger partial charge < -0.3 is 19.8 Å². The van der Waals surface area contributed by atoms with Crippen LogP contribution in [0.25, 0.3) is 6.08 Å². The third-order valence-corrected chi connectivity index (χ3v) is 5.60. The first-order chi connectivity index (χ1) is 13.6. The zero-order valence-corrected chi connectivity index (χ0v) is 16.3. The van der Waals surface area contributed by atoms with Crippen molar-refractivity contribution >= 4 is 34.4 Å². The highest BCUT2D eigenvalue weighted by Crippen LogP contribution is 2.39. The van der Waals surface area contributed by atoms with Crippen LogP contribution in [0.1, 0.15) is 35.1 Å². The third-order valence-electron chi connectivity index (χ3n) is 4.43. The number of nitriles is 1. The number of hydrogen-bond donors (Lipinski definition) is 2. The highest BCUT2D eigenvalue weighted by atomic mass is 32.1. The highest BCUT2D eigenvalue weighted by molar-refractivity contribution is 7.16. The van der Waals surface area contributed by atoms with Crippen LogP contribution >= 0.6 is 11.3 Å². The number of rotatable bonds is 6. The standard InChI is InChI=1S/C20H21N3O4S/c1-2-22-20(25)27-12-13-5-7-15-16(11-21)19(28-17(15)10-13)23-18(24)8-6-14-4-3-9-26-14/h3-4,6,8-9,13H,2,5,7,10,12H2,1H3,(H,22,25)(H,23,24). The second-order valence-corrected chi connectivity index (χ2v) is 7.50. The summed E-state index contributed by atoms with van der Waals surface area (Å²) in [5.41, 5.74) is 1.52. The molecule has 2 amide bonds. The van der Waals surface area contributed by atoms with Gasteiger partial charge in [-0.15, -0.1) is 11.3 Å². The molecule has 146 valence electrons. The molecule has 1 unspecified atom stereocenters. The van der Waals surface area contributed by atoms with Gasteiger partial charge in [0.2, 0.25) is 5.91 Å². The number of thiophene rings is 1. The third kappa shape index (κ3) is 4.81. The van der Waals surface area contributed by atoms with Crippen LogP contribution in [-0.2, 0) is 22.4 Å². The number of carbonyl (C=O) groups excluding carboxylic acids is 2. The number of nitrogens with one attached hydrogen (secondary N) is 2. The fourth-order valence-electron chi connectivity index (χ4n) is 3.09. The molecular weight excluding hydrogens is 378 g/mol. The molecular formula is C20H21N3O4S. The summed E-state index contributed by atoms with van der Waals surface area (Å²) in [6.07, 6.45) is 6.37. The molecule has 0 aliphatic heterocycles. The van der Waals surface area contributed by atoms with E-state index >= 15 is 0 Å². The van der Waals surface area contributed by atoms with Crippen molar-refractivity contribution in [1.29, 1.82) is 5.26 Å². The van der Waals surface area contributed by atoms with E-state index in [1.807, 2.05) is 6.92 Å². The molecule has 3 rings (SSSR count). The summed E-state index contributed by atoms with van der Waals surface area (Å²) in [6.45, 7) is 2.71. The Balaban J connectivity index is 1.64. The molecule has 8 heteroatoms. The van der Waals surface area contributed by atoms with Crippen molar-refractivity contribution in [2.45, 2.75) is 26.2 Å². The first-order valence-corrected chi connectivity index (χ1v) is 9.90. The summed E-state index contributed by atoms with van der Waals surface area (Å²) in [4.78, 5) is 24.7. The van der Waals surface area contributed by atoms with Gasteiger partial charge in [0.05, 0.1) is 18.4 Å². The quantitative estimate of drug-likeness (QED) is 0.721. The number of furan rings is 1. The number of hydrogen-bond acceptors (Lipinski definition) is 6. The Kier molecular flexibility index (Phi) is 6.50. The Morgan fingerprint density at radius 3 is 3.07 bits per heavy atom. The van der Waals surface area contributed by atoms with E-state index in [4.69, 9.17) is 9.15 Å². The minimum atomic E-state index is -0.409. The van der Waals surface area contributed by atoms with Gasteiger partial charge in [-0.2, -0.15) is 5.26 Å². The van der Waals surface area contributed by atoms with E-state index in [2.05, 4.69) is 16.7 Å². The predicted octanol–water partition coefficient (Wildman–Crippen LogP) is 3.72. The second kappa shape index (κ2) is 9.24. The molecule has 1 aliphatic carbocycles. The van der Waals surface area contributed by atoms with Gasteiger partial charge in [0.15, 0.2) is 0 Å². The van der Waals surface area contributed by atoms with Gasteiger partial charge in [-0.05, 0) is 55.9 Å². The maximum atomic E-state index is 12.2. The zero-order valence-electron chi connectivity index (χ0n) is 15.5. The lowest BCUT2D eigenvalue weighted by atomic mass is 9.88. The van der Waals surface area contributed by atoms with Crippen LogP contribution in [0.15, 0.2) is 28.9 Å². The number of alkyl carbamates (subject to hydrolysis) is 1. The van der Waals surface area contributed by atoms with E-state index in [0.717, 1.165) is 29.7 Å². The fourth-order valence-corrected chi connectivity index (χ4v) is 4.40. The number of carbonyl (C=O) groups is 2. The molecule has 2 N–H and O–H groups in total. The fraction of sp³-hybridized carbons (Fsp3) is 0.350. The van der Waals surface area contributed by atoms with Crippen molar-refractivity contribution in [1.82, 2.24) is 5.32 Å². The topological polar surface area (TPSA) is 104 Å². The number of nitrogens with zero attached hydrogens (tertiary/aromatic N) is 1. The van der Waals surface area contributed by atoms with E-state index < -0.39 is 6.09 Å². The van der Waals surface area contributed by atoms with Crippen molar-refractivity contribution < 1.29 is 18.7 Å². The molecule has 0 radical (unpaired) electrons. The lowest BCUT2D eigenvalue weighted by Gasteiger charge is -2.21. The molecule has 2 heterocycles. The molecule has 0 bridgehead atoms. The molecule has 0 fully saturated rings. The van der Waals surface area contributed by atoms with E-state index in [-0.39, 0.29) is 11.8 Å². The van der Waals surface area contributed by atoms with E-state index in [1.54, 1.807) is 18.2 Å². The van der Waals surface area contributed by atoms with Crippen molar-refractivity contribution in [3.8, 4) is 6.07 Å². The van der Waals surface area contributed by atoms with Crippen LogP contribution in [0, 0.1) is 17.2 Å². The maximum Gasteiger partial charge on any atom is 0.407 e. The molecule has 28 heavy (non-hydrogen) atoms. The predicted molar refractivity (Wildman–Crippen MR) is 106 cm³/mol. The van der Waals surface area contributed by atoms with E-state index in [9.17, 15) is 14.9 Å². The van der Waals surface area contributed by atoms with Crippen LogP contribution in [0.2, 0.25) is 0 Å². The van der Waals surface area contributed by atoms with Gasteiger partial charge in [-0.3, -0.25) is 4.79 Å². The maximum absolute atomic E-state index is 12.2. The van der Waals surface area contributed by atoms with Crippen LogP contribution in [0.3, 0.4) is 0 Å². The van der Waals surface area contributed by atoms with Crippen LogP contribution in [0.5, 0.6) is 0 Å². The summed E-state index contributed by atoms with van der Waals surface area (Å²) in [6, 6.07) is 5.71. The Bertz CT molecular complexity index is 909. The normalized spacial score (nSPS) is 15.6. The van der Waals surface area contributed by atoms with Gasteiger partial charge in [-0.1, -0.05) is 0 Å². The Labute approximate surface area is 167 Å². The molecule has 1 aliphatic rings. The van der Waals surface area contributed by atoms with Crippen molar-refractivity contribution in [3.05, 3.63) is 46.2 Å². The Hall–Kier alpha value is -3.05. The molecule has 0 saturated heterocycles. The van der Waals surface area contributed by atoms with Gasteiger partial charge in [0.1, 0.15) is 16.8 Å². The van der Waals surface area contributed by atoms with Crippen LogP contribution in [-0.4, -0.2) is 25.2 Å². The number of amides is 2. The average molecular weight is 399 g/mol.